The normalized spacial score (nSPS) is 14.3. The Morgan fingerprint density at radius 1 is 1.12 bits per heavy atom. The Bertz CT molecular complexity index is 1840. The summed E-state index contributed by atoms with van der Waals surface area (Å²) in [5.74, 6) is 6.79. The average Bonchev–Trinajstić information content (AvgIpc) is 3.81. The SMILES string of the molecule is CCN1CCCC1c1cc2cnc(NC=O)cc2[nH]1.CNC(=O)C(CCC=O)N(C=O)Cc1c(C)cccc1C#CCCCCc1ccc(C)cn1. The van der Waals surface area contributed by atoms with E-state index >= 15 is 0 Å². The van der Waals surface area contributed by atoms with E-state index in [4.69, 9.17) is 0 Å². The van der Waals surface area contributed by atoms with Gasteiger partial charge in [0.25, 0.3) is 0 Å². The molecule has 274 valence electrons. The Morgan fingerprint density at radius 3 is 2.67 bits per heavy atom. The largest absolute Gasteiger partial charge is 0.357 e. The number of aryl methyl sites for hydroxylation is 3. The fraction of sp³-hybridized carbons (Fsp3) is 0.415. The number of likely N-dealkylation sites (tertiary alicyclic amines) is 1. The van der Waals surface area contributed by atoms with E-state index < -0.39 is 6.04 Å². The Labute approximate surface area is 307 Å². The minimum absolute atomic E-state index is 0.209. The molecule has 11 nitrogen and oxygen atoms in total. The van der Waals surface area contributed by atoms with Crippen LogP contribution in [0, 0.1) is 25.7 Å². The number of amides is 3. The standard InChI is InChI=1S/C27H33N3O3.C14H18N4O/c1-21-15-16-24(29-18-21)13-7-5-4-6-11-23-12-8-10-22(2)25(23)19-30(20-32)26(14-9-17-31)27(33)28-3;1-2-18-5-3-4-13(18)12-6-10-8-15-14(16-9-19)7-11(10)17-12/h8,10,12,15-18,20,26H,4-5,7,9,13-14,19H2,1-3H3,(H,28,33);6-9,13,17H,2-5H2,1H3,(H,15,16,19). The van der Waals surface area contributed by atoms with Crippen molar-refractivity contribution in [3.05, 3.63) is 88.5 Å². The number of unbranched alkanes of at least 4 members (excludes halogenated alkanes) is 2. The lowest BCUT2D eigenvalue weighted by molar-refractivity contribution is -0.133. The van der Waals surface area contributed by atoms with Gasteiger partial charge in [0.2, 0.25) is 18.7 Å². The van der Waals surface area contributed by atoms with Crippen molar-refractivity contribution >= 4 is 41.7 Å². The van der Waals surface area contributed by atoms with Crippen molar-refractivity contribution < 1.29 is 19.2 Å². The first-order valence-corrected chi connectivity index (χ1v) is 18.1. The van der Waals surface area contributed by atoms with Crippen LogP contribution in [0.4, 0.5) is 5.82 Å². The predicted molar refractivity (Wildman–Crippen MR) is 204 cm³/mol. The number of anilines is 1. The molecule has 1 saturated heterocycles. The predicted octanol–water partition coefficient (Wildman–Crippen LogP) is 5.80. The number of aromatic amines is 1. The number of benzene rings is 1. The van der Waals surface area contributed by atoms with Gasteiger partial charge in [-0.2, -0.15) is 0 Å². The highest BCUT2D eigenvalue weighted by atomic mass is 16.2. The van der Waals surface area contributed by atoms with Crippen LogP contribution >= 0.6 is 0 Å². The minimum Gasteiger partial charge on any atom is -0.357 e. The molecule has 0 saturated carbocycles. The number of aldehydes is 1. The first-order valence-electron chi connectivity index (χ1n) is 18.1. The van der Waals surface area contributed by atoms with Crippen LogP contribution in [0.5, 0.6) is 0 Å². The van der Waals surface area contributed by atoms with Gasteiger partial charge in [-0.3, -0.25) is 24.3 Å². The van der Waals surface area contributed by atoms with Crippen molar-refractivity contribution in [2.45, 2.75) is 90.8 Å². The van der Waals surface area contributed by atoms with E-state index in [1.54, 1.807) is 6.20 Å². The maximum absolute atomic E-state index is 12.3. The number of rotatable bonds is 16. The van der Waals surface area contributed by atoms with Gasteiger partial charge in [0.15, 0.2) is 0 Å². The van der Waals surface area contributed by atoms with Crippen molar-refractivity contribution in [1.82, 2.24) is 30.1 Å². The molecule has 11 heteroatoms. The molecule has 0 aliphatic carbocycles. The van der Waals surface area contributed by atoms with Crippen LogP contribution in [0.15, 0.2) is 54.9 Å². The van der Waals surface area contributed by atoms with Gasteiger partial charge >= 0.3 is 0 Å². The molecule has 0 spiro atoms. The summed E-state index contributed by atoms with van der Waals surface area (Å²) in [6.07, 6.45) is 12.4. The molecule has 1 aliphatic heterocycles. The van der Waals surface area contributed by atoms with Gasteiger partial charge < -0.3 is 25.3 Å². The molecule has 2 atom stereocenters. The number of nitrogens with one attached hydrogen (secondary N) is 3. The highest BCUT2D eigenvalue weighted by Gasteiger charge is 2.26. The second-order valence-electron chi connectivity index (χ2n) is 13.0. The van der Waals surface area contributed by atoms with Gasteiger partial charge in [-0.1, -0.05) is 37.0 Å². The third-order valence-corrected chi connectivity index (χ3v) is 9.43. The average molecular weight is 706 g/mol. The van der Waals surface area contributed by atoms with Crippen molar-refractivity contribution in [3.63, 3.8) is 0 Å². The van der Waals surface area contributed by atoms with Crippen molar-refractivity contribution in [3.8, 4) is 11.8 Å². The number of aromatic nitrogens is 3. The summed E-state index contributed by atoms with van der Waals surface area (Å²) in [7, 11) is 1.53. The summed E-state index contributed by atoms with van der Waals surface area (Å²) < 4.78 is 0. The zero-order valence-electron chi connectivity index (χ0n) is 30.8. The molecule has 4 aromatic rings. The molecular formula is C41H51N7O4. The molecule has 52 heavy (non-hydrogen) atoms. The number of nitrogens with zero attached hydrogens (tertiary/aromatic N) is 4. The second-order valence-corrected chi connectivity index (χ2v) is 13.0. The van der Waals surface area contributed by atoms with Gasteiger partial charge in [0.05, 0.1) is 5.52 Å². The van der Waals surface area contributed by atoms with Crippen molar-refractivity contribution in [1.29, 1.82) is 0 Å². The van der Waals surface area contributed by atoms with Crippen LogP contribution < -0.4 is 10.6 Å². The summed E-state index contributed by atoms with van der Waals surface area (Å²) in [6.45, 7) is 8.72. The molecule has 4 heterocycles. The lowest BCUT2D eigenvalue weighted by atomic mass is 10.00. The number of carbonyl (C=O) groups is 4. The fourth-order valence-electron chi connectivity index (χ4n) is 6.52. The number of pyridine rings is 2. The van der Waals surface area contributed by atoms with Crippen LogP contribution in [-0.2, 0) is 32.1 Å². The molecule has 0 bridgehead atoms. The summed E-state index contributed by atoms with van der Waals surface area (Å²) in [5, 5.41) is 6.25. The molecule has 1 aromatic carbocycles. The van der Waals surface area contributed by atoms with Crippen molar-refractivity contribution in [2.24, 2.45) is 0 Å². The van der Waals surface area contributed by atoms with E-state index in [2.05, 4.69) is 67.4 Å². The van der Waals surface area contributed by atoms with Gasteiger partial charge in [-0.15, -0.1) is 0 Å². The molecule has 5 rings (SSSR count). The summed E-state index contributed by atoms with van der Waals surface area (Å²) in [5.41, 5.74) is 7.32. The van der Waals surface area contributed by atoms with Gasteiger partial charge in [0, 0.05) is 73.3 Å². The second kappa shape index (κ2) is 20.5. The minimum atomic E-state index is -0.700. The number of H-pyrrole nitrogens is 1. The van der Waals surface area contributed by atoms with E-state index in [0.717, 1.165) is 77.4 Å². The quantitative estimate of drug-likeness (QED) is 0.0760. The van der Waals surface area contributed by atoms with Gasteiger partial charge in [-0.25, -0.2) is 4.98 Å². The highest BCUT2D eigenvalue weighted by molar-refractivity contribution is 5.84. The summed E-state index contributed by atoms with van der Waals surface area (Å²) in [6, 6.07) is 13.8. The molecule has 0 radical (unpaired) electrons. The van der Waals surface area contributed by atoms with Gasteiger partial charge in [-0.05, 0) is 100 Å². The maximum Gasteiger partial charge on any atom is 0.242 e. The van der Waals surface area contributed by atoms with E-state index in [-0.39, 0.29) is 25.3 Å². The third kappa shape index (κ3) is 11.1. The summed E-state index contributed by atoms with van der Waals surface area (Å²) in [4.78, 5) is 61.4. The van der Waals surface area contributed by atoms with Crippen LogP contribution in [0.1, 0.15) is 91.6 Å². The Hall–Kier alpha value is -5.34. The molecule has 3 N–H and O–H groups in total. The molecule has 1 aliphatic rings. The Morgan fingerprint density at radius 2 is 1.96 bits per heavy atom. The Kier molecular flexibility index (Phi) is 15.5. The molecule has 1 fully saturated rings. The molecule has 2 unspecified atom stereocenters. The lowest BCUT2D eigenvalue weighted by Crippen LogP contribution is -2.45. The smallest absolute Gasteiger partial charge is 0.242 e. The highest BCUT2D eigenvalue weighted by Crippen LogP contribution is 2.33. The number of fused-ring (bicyclic) bond motifs is 1. The summed E-state index contributed by atoms with van der Waals surface area (Å²) >= 11 is 0. The zero-order chi connectivity index (χ0) is 37.3. The fourth-order valence-corrected chi connectivity index (χ4v) is 6.52. The Balaban J connectivity index is 0.000000267. The number of carbonyl (C=O) groups excluding carboxylic acids is 4. The van der Waals surface area contributed by atoms with Crippen LogP contribution in [0.25, 0.3) is 10.9 Å². The molecular weight excluding hydrogens is 654 g/mol. The third-order valence-electron chi connectivity index (χ3n) is 9.43. The number of hydrogen-bond acceptors (Lipinski definition) is 7. The van der Waals surface area contributed by atoms with Crippen LogP contribution in [0.3, 0.4) is 0 Å². The lowest BCUT2D eigenvalue weighted by Gasteiger charge is -2.27. The number of likely N-dealkylation sites (N-methyl/N-ethyl adjacent to an activating group) is 1. The van der Waals surface area contributed by atoms with Gasteiger partial charge in [0.1, 0.15) is 18.1 Å². The molecule has 3 amide bonds. The van der Waals surface area contributed by atoms with E-state index in [9.17, 15) is 19.2 Å². The number of hydrogen-bond donors (Lipinski definition) is 3. The first-order chi connectivity index (χ1) is 25.3. The van der Waals surface area contributed by atoms with E-state index in [0.29, 0.717) is 24.7 Å². The topological polar surface area (TPSA) is 140 Å². The van der Waals surface area contributed by atoms with Crippen molar-refractivity contribution in [2.75, 3.05) is 25.5 Å². The van der Waals surface area contributed by atoms with E-state index in [1.165, 1.54) is 37.0 Å². The van der Waals surface area contributed by atoms with Crippen LogP contribution in [0.2, 0.25) is 0 Å². The maximum atomic E-state index is 12.3. The zero-order valence-corrected chi connectivity index (χ0v) is 30.8. The molecule has 3 aromatic heterocycles. The van der Waals surface area contributed by atoms with E-state index in [1.807, 2.05) is 44.3 Å². The first kappa shape index (κ1) is 39.4. The monoisotopic (exact) mass is 705 g/mol. The van der Waals surface area contributed by atoms with Crippen LogP contribution in [-0.4, -0.2) is 75.9 Å².